The molecule has 6 heteroatoms. The largest absolute Gasteiger partial charge is 0.466 e. The third kappa shape index (κ3) is 21.7. The van der Waals surface area contributed by atoms with Gasteiger partial charge < -0.3 is 9.47 Å². The Kier molecular flexibility index (Phi) is 19.9. The first-order valence-electron chi connectivity index (χ1n) is 10.7. The SMILES string of the molecule is CCCCCCCCCOC(=O)CCCCCCCCC(=O)OCC(Cl)Cl. The molecule has 0 aliphatic rings. The van der Waals surface area contributed by atoms with E-state index >= 15 is 0 Å². The average molecular weight is 425 g/mol. The van der Waals surface area contributed by atoms with Gasteiger partial charge in [0.05, 0.1) is 6.61 Å². The molecule has 0 unspecified atom stereocenters. The average Bonchev–Trinajstić information content (AvgIpc) is 2.64. The predicted molar refractivity (Wildman–Crippen MR) is 112 cm³/mol. The Labute approximate surface area is 175 Å². The number of unbranched alkanes of at least 4 members (excludes halogenated alkanes) is 11. The third-order valence-corrected chi connectivity index (χ3v) is 4.65. The smallest absolute Gasteiger partial charge is 0.305 e. The van der Waals surface area contributed by atoms with Crippen molar-refractivity contribution in [3.05, 3.63) is 0 Å². The van der Waals surface area contributed by atoms with Crippen LogP contribution < -0.4 is 0 Å². The minimum atomic E-state index is -0.656. The number of esters is 2. The molecular weight excluding hydrogens is 387 g/mol. The van der Waals surface area contributed by atoms with Crippen molar-refractivity contribution in [3.8, 4) is 0 Å². The molecule has 0 aliphatic carbocycles. The van der Waals surface area contributed by atoms with Crippen molar-refractivity contribution in [2.45, 2.75) is 108 Å². The molecule has 0 rings (SSSR count). The van der Waals surface area contributed by atoms with E-state index in [4.69, 9.17) is 32.7 Å². The fourth-order valence-electron chi connectivity index (χ4n) is 2.79. The summed E-state index contributed by atoms with van der Waals surface area (Å²) in [4.78, 5) is 22.3. The first kappa shape index (κ1) is 26.5. The summed E-state index contributed by atoms with van der Waals surface area (Å²) in [6, 6.07) is 0. The zero-order valence-corrected chi connectivity index (χ0v) is 18.5. The zero-order valence-electron chi connectivity index (χ0n) is 17.0. The summed E-state index contributed by atoms with van der Waals surface area (Å²) in [7, 11) is 0. The minimum absolute atomic E-state index is 0.0526. The topological polar surface area (TPSA) is 52.6 Å². The monoisotopic (exact) mass is 424 g/mol. The van der Waals surface area contributed by atoms with Crippen LogP contribution in [0.5, 0.6) is 0 Å². The van der Waals surface area contributed by atoms with Gasteiger partial charge in [-0.05, 0) is 19.3 Å². The van der Waals surface area contributed by atoms with Crippen molar-refractivity contribution in [2.75, 3.05) is 13.2 Å². The van der Waals surface area contributed by atoms with Crippen molar-refractivity contribution in [1.29, 1.82) is 0 Å². The molecule has 160 valence electrons. The molecule has 27 heavy (non-hydrogen) atoms. The van der Waals surface area contributed by atoms with Crippen LogP contribution in [0, 0.1) is 0 Å². The molecule has 0 fully saturated rings. The molecule has 0 saturated heterocycles. The second-order valence-electron chi connectivity index (χ2n) is 7.04. The van der Waals surface area contributed by atoms with Gasteiger partial charge >= 0.3 is 11.9 Å². The normalized spacial score (nSPS) is 11.0. The second-order valence-corrected chi connectivity index (χ2v) is 8.31. The first-order chi connectivity index (χ1) is 13.1. The van der Waals surface area contributed by atoms with Crippen LogP contribution in [0.3, 0.4) is 0 Å². The van der Waals surface area contributed by atoms with Gasteiger partial charge in [0.1, 0.15) is 11.4 Å². The molecule has 0 amide bonds. The number of hydrogen-bond donors (Lipinski definition) is 0. The lowest BCUT2D eigenvalue weighted by Gasteiger charge is -2.06. The molecule has 0 aliphatic heterocycles. The van der Waals surface area contributed by atoms with Gasteiger partial charge in [-0.15, -0.1) is 23.2 Å². The number of alkyl halides is 2. The van der Waals surface area contributed by atoms with Crippen LogP contribution in [0.15, 0.2) is 0 Å². The minimum Gasteiger partial charge on any atom is -0.466 e. The number of ether oxygens (including phenoxy) is 2. The Bertz CT molecular complexity index is 362. The highest BCUT2D eigenvalue weighted by Crippen LogP contribution is 2.11. The summed E-state index contributed by atoms with van der Waals surface area (Å²) in [5.74, 6) is -0.314. The fourth-order valence-corrected chi connectivity index (χ4v) is 2.92. The van der Waals surface area contributed by atoms with Crippen LogP contribution in [-0.2, 0) is 19.1 Å². The lowest BCUT2D eigenvalue weighted by molar-refractivity contribution is -0.144. The highest BCUT2D eigenvalue weighted by Gasteiger charge is 2.06. The van der Waals surface area contributed by atoms with E-state index in [0.29, 0.717) is 19.4 Å². The van der Waals surface area contributed by atoms with E-state index < -0.39 is 4.84 Å². The summed E-state index contributed by atoms with van der Waals surface area (Å²) < 4.78 is 10.2. The molecule has 0 aromatic heterocycles. The maximum Gasteiger partial charge on any atom is 0.305 e. The summed E-state index contributed by atoms with van der Waals surface area (Å²) >= 11 is 11.0. The van der Waals surface area contributed by atoms with E-state index in [1.54, 1.807) is 0 Å². The lowest BCUT2D eigenvalue weighted by Crippen LogP contribution is -2.09. The van der Waals surface area contributed by atoms with Crippen LogP contribution in [0.1, 0.15) is 103 Å². The fraction of sp³-hybridized carbons (Fsp3) is 0.905. The number of carbonyl (C=O) groups excluding carboxylic acids is 2. The van der Waals surface area contributed by atoms with E-state index in [0.717, 1.165) is 51.4 Å². The molecule has 0 saturated carbocycles. The first-order valence-corrected chi connectivity index (χ1v) is 11.5. The molecule has 0 N–H and O–H groups in total. The molecule has 0 aromatic carbocycles. The van der Waals surface area contributed by atoms with Crippen LogP contribution >= 0.6 is 23.2 Å². The van der Waals surface area contributed by atoms with Crippen LogP contribution in [-0.4, -0.2) is 30.0 Å². The van der Waals surface area contributed by atoms with Crippen LogP contribution in [0.2, 0.25) is 0 Å². The molecule has 0 bridgehead atoms. The van der Waals surface area contributed by atoms with Gasteiger partial charge in [0.25, 0.3) is 0 Å². The van der Waals surface area contributed by atoms with E-state index in [2.05, 4.69) is 6.92 Å². The van der Waals surface area contributed by atoms with Gasteiger partial charge in [0, 0.05) is 12.8 Å². The Morgan fingerprint density at radius 3 is 1.63 bits per heavy atom. The molecule has 0 heterocycles. The lowest BCUT2D eigenvalue weighted by atomic mass is 10.1. The number of carbonyl (C=O) groups is 2. The molecule has 4 nitrogen and oxygen atoms in total. The highest BCUT2D eigenvalue weighted by molar-refractivity contribution is 6.44. The van der Waals surface area contributed by atoms with Gasteiger partial charge in [-0.3, -0.25) is 9.59 Å². The second kappa shape index (κ2) is 20.3. The Morgan fingerprint density at radius 2 is 1.11 bits per heavy atom. The molecular formula is C21H38Cl2O4. The van der Waals surface area contributed by atoms with E-state index in [1.165, 1.54) is 32.1 Å². The predicted octanol–water partition coefficient (Wildman–Crippen LogP) is 6.75. The van der Waals surface area contributed by atoms with Crippen LogP contribution in [0.4, 0.5) is 0 Å². The van der Waals surface area contributed by atoms with Gasteiger partial charge in [-0.2, -0.15) is 0 Å². The molecule has 0 atom stereocenters. The zero-order chi connectivity index (χ0) is 20.2. The van der Waals surface area contributed by atoms with Crippen molar-refractivity contribution in [1.82, 2.24) is 0 Å². The van der Waals surface area contributed by atoms with Gasteiger partial charge in [-0.25, -0.2) is 0 Å². The van der Waals surface area contributed by atoms with Crippen LogP contribution in [0.25, 0.3) is 0 Å². The third-order valence-electron chi connectivity index (χ3n) is 4.39. The summed E-state index contributed by atoms with van der Waals surface area (Å²) in [6.45, 7) is 2.84. The highest BCUT2D eigenvalue weighted by atomic mass is 35.5. The number of rotatable bonds is 19. The van der Waals surface area contributed by atoms with Crippen molar-refractivity contribution >= 4 is 35.1 Å². The van der Waals surface area contributed by atoms with E-state index in [9.17, 15) is 9.59 Å². The van der Waals surface area contributed by atoms with E-state index in [-0.39, 0.29) is 18.5 Å². The van der Waals surface area contributed by atoms with Gasteiger partial charge in [-0.1, -0.05) is 71.1 Å². The Hall–Kier alpha value is -0.480. The summed E-state index contributed by atoms with van der Waals surface area (Å²) in [6.07, 6.45) is 15.4. The maximum absolute atomic E-state index is 11.6. The molecule has 0 spiro atoms. The van der Waals surface area contributed by atoms with Crippen molar-refractivity contribution in [2.24, 2.45) is 0 Å². The van der Waals surface area contributed by atoms with Gasteiger partial charge in [0.15, 0.2) is 0 Å². The standard InChI is InChI=1S/C21H38Cl2O4/c1-2-3-4-5-8-11-14-17-26-20(24)15-12-9-6-7-10-13-16-21(25)27-18-19(22)23/h19H,2-18H2,1H3. The summed E-state index contributed by atoms with van der Waals surface area (Å²) in [5.41, 5.74) is 0. The summed E-state index contributed by atoms with van der Waals surface area (Å²) in [5, 5.41) is 0. The Morgan fingerprint density at radius 1 is 0.667 bits per heavy atom. The van der Waals surface area contributed by atoms with E-state index in [1.807, 2.05) is 0 Å². The molecule has 0 aromatic rings. The van der Waals surface area contributed by atoms with Crippen molar-refractivity contribution < 1.29 is 19.1 Å². The number of hydrogen-bond acceptors (Lipinski definition) is 4. The van der Waals surface area contributed by atoms with Gasteiger partial charge in [0.2, 0.25) is 0 Å². The maximum atomic E-state index is 11.6. The Balaban J connectivity index is 3.26. The molecule has 0 radical (unpaired) electrons. The quantitative estimate of drug-likeness (QED) is 0.131. The number of halogens is 2. The van der Waals surface area contributed by atoms with Crippen molar-refractivity contribution in [3.63, 3.8) is 0 Å².